The summed E-state index contributed by atoms with van der Waals surface area (Å²) in [5, 5.41) is 0.648. The molecule has 0 atom stereocenters. The SMILES string of the molecule is O=C1/C(=C/c2ccccc2)CN(C(=O)/C=C/c2ccc(Cl)cc2)C/C1=C\c1ccccc1. The first kappa shape index (κ1) is 21.5. The number of benzene rings is 3. The highest BCUT2D eigenvalue weighted by molar-refractivity contribution is 6.30. The largest absolute Gasteiger partial charge is 0.330 e. The molecule has 0 aromatic heterocycles. The molecule has 3 aromatic carbocycles. The van der Waals surface area contributed by atoms with Crippen LogP contribution in [0.5, 0.6) is 0 Å². The Morgan fingerprint density at radius 2 is 1.22 bits per heavy atom. The van der Waals surface area contributed by atoms with E-state index >= 15 is 0 Å². The van der Waals surface area contributed by atoms with Crippen molar-refractivity contribution >= 4 is 41.5 Å². The van der Waals surface area contributed by atoms with Crippen molar-refractivity contribution in [2.75, 3.05) is 13.1 Å². The zero-order valence-corrected chi connectivity index (χ0v) is 18.2. The van der Waals surface area contributed by atoms with E-state index in [1.54, 1.807) is 29.2 Å². The van der Waals surface area contributed by atoms with Crippen molar-refractivity contribution in [1.29, 1.82) is 0 Å². The van der Waals surface area contributed by atoms with E-state index in [1.807, 2.05) is 84.9 Å². The van der Waals surface area contributed by atoms with Gasteiger partial charge >= 0.3 is 0 Å². The molecule has 1 heterocycles. The van der Waals surface area contributed by atoms with Gasteiger partial charge in [0.15, 0.2) is 5.78 Å². The minimum Gasteiger partial charge on any atom is -0.330 e. The third-order valence-electron chi connectivity index (χ3n) is 5.19. The predicted molar refractivity (Wildman–Crippen MR) is 131 cm³/mol. The van der Waals surface area contributed by atoms with Crippen LogP contribution in [0.2, 0.25) is 5.02 Å². The topological polar surface area (TPSA) is 37.4 Å². The lowest BCUT2D eigenvalue weighted by atomic mass is 9.94. The Bertz CT molecular complexity index is 1130. The minimum atomic E-state index is -0.148. The molecule has 1 saturated heterocycles. The van der Waals surface area contributed by atoms with Crippen LogP contribution in [0.25, 0.3) is 18.2 Å². The van der Waals surface area contributed by atoms with E-state index < -0.39 is 0 Å². The first-order valence-corrected chi connectivity index (χ1v) is 10.7. The summed E-state index contributed by atoms with van der Waals surface area (Å²) in [5.74, 6) is -0.172. The highest BCUT2D eigenvalue weighted by Crippen LogP contribution is 2.23. The lowest BCUT2D eigenvalue weighted by Gasteiger charge is -2.29. The van der Waals surface area contributed by atoms with Crippen LogP contribution in [0, 0.1) is 0 Å². The Labute approximate surface area is 193 Å². The first-order valence-electron chi connectivity index (χ1n) is 10.4. The molecule has 1 aliphatic rings. The van der Waals surface area contributed by atoms with Gasteiger partial charge in [0.25, 0.3) is 0 Å². The van der Waals surface area contributed by atoms with Crippen LogP contribution in [0.4, 0.5) is 0 Å². The van der Waals surface area contributed by atoms with Crippen LogP contribution in [-0.2, 0) is 9.59 Å². The number of likely N-dealkylation sites (tertiary alicyclic amines) is 1. The van der Waals surface area contributed by atoms with Crippen molar-refractivity contribution in [2.45, 2.75) is 0 Å². The first-order chi connectivity index (χ1) is 15.6. The van der Waals surface area contributed by atoms with E-state index in [9.17, 15) is 9.59 Å². The number of Topliss-reactive ketones (excluding diaryl/α,β-unsaturated/α-hetero) is 1. The average molecular weight is 440 g/mol. The second-order valence-corrected chi connectivity index (χ2v) is 8.01. The van der Waals surface area contributed by atoms with Gasteiger partial charge in [-0.25, -0.2) is 0 Å². The third kappa shape index (κ3) is 5.51. The molecule has 0 bridgehead atoms. The third-order valence-corrected chi connectivity index (χ3v) is 5.44. The van der Waals surface area contributed by atoms with Gasteiger partial charge in [-0.3, -0.25) is 9.59 Å². The fraction of sp³-hybridized carbons (Fsp3) is 0.0714. The van der Waals surface area contributed by atoms with Gasteiger partial charge in [0.05, 0.1) is 13.1 Å². The van der Waals surface area contributed by atoms with Gasteiger partial charge in [0.1, 0.15) is 0 Å². The fourth-order valence-electron chi connectivity index (χ4n) is 3.54. The standard InChI is InChI=1S/C28H22ClNO2/c29-26-14-11-21(12-15-26)13-16-27(31)30-19-24(17-22-7-3-1-4-8-22)28(32)25(20-30)18-23-9-5-2-6-10-23/h1-18H,19-20H2/b16-13+,24-17+,25-18+. The molecule has 4 rings (SSSR count). The Morgan fingerprint density at radius 1 is 0.719 bits per heavy atom. The van der Waals surface area contributed by atoms with E-state index in [1.165, 1.54) is 0 Å². The summed E-state index contributed by atoms with van der Waals surface area (Å²) in [6.07, 6.45) is 7.03. The second-order valence-electron chi connectivity index (χ2n) is 7.57. The van der Waals surface area contributed by atoms with Crippen LogP contribution in [0.3, 0.4) is 0 Å². The van der Waals surface area contributed by atoms with Crippen molar-refractivity contribution in [3.05, 3.63) is 124 Å². The average Bonchev–Trinajstić information content (AvgIpc) is 2.82. The molecule has 0 spiro atoms. The molecule has 32 heavy (non-hydrogen) atoms. The monoisotopic (exact) mass is 439 g/mol. The molecule has 1 fully saturated rings. The Balaban J connectivity index is 1.63. The van der Waals surface area contributed by atoms with Crippen LogP contribution in [0.1, 0.15) is 16.7 Å². The number of hydrogen-bond acceptors (Lipinski definition) is 2. The molecule has 3 aromatic rings. The maximum absolute atomic E-state index is 13.2. The van der Waals surface area contributed by atoms with Gasteiger partial charge in [0, 0.05) is 22.2 Å². The summed E-state index contributed by atoms with van der Waals surface area (Å²) in [7, 11) is 0. The fourth-order valence-corrected chi connectivity index (χ4v) is 3.67. The quantitative estimate of drug-likeness (QED) is 0.472. The van der Waals surface area contributed by atoms with Crippen LogP contribution in [0.15, 0.2) is 102 Å². The number of halogens is 1. The van der Waals surface area contributed by atoms with Crippen LogP contribution >= 0.6 is 11.6 Å². The van der Waals surface area contributed by atoms with Gasteiger partial charge in [-0.15, -0.1) is 0 Å². The van der Waals surface area contributed by atoms with Crippen molar-refractivity contribution < 1.29 is 9.59 Å². The molecule has 0 unspecified atom stereocenters. The summed E-state index contributed by atoms with van der Waals surface area (Å²) in [6.45, 7) is 0.535. The predicted octanol–water partition coefficient (Wildman–Crippen LogP) is 5.93. The summed E-state index contributed by atoms with van der Waals surface area (Å²) in [6, 6.07) is 26.6. The Morgan fingerprint density at radius 3 is 1.72 bits per heavy atom. The molecule has 3 nitrogen and oxygen atoms in total. The summed E-state index contributed by atoms with van der Waals surface area (Å²) in [5.41, 5.74) is 3.94. The molecular weight excluding hydrogens is 418 g/mol. The summed E-state index contributed by atoms with van der Waals surface area (Å²) < 4.78 is 0. The lowest BCUT2D eigenvalue weighted by molar-refractivity contribution is -0.126. The zero-order chi connectivity index (χ0) is 22.3. The number of piperidine rings is 1. The van der Waals surface area contributed by atoms with Gasteiger partial charge in [-0.1, -0.05) is 84.4 Å². The van der Waals surface area contributed by atoms with Gasteiger partial charge < -0.3 is 4.90 Å². The highest BCUT2D eigenvalue weighted by atomic mass is 35.5. The van der Waals surface area contributed by atoms with E-state index in [4.69, 9.17) is 11.6 Å². The van der Waals surface area contributed by atoms with Crippen molar-refractivity contribution in [2.24, 2.45) is 0 Å². The molecule has 0 N–H and O–H groups in total. The van der Waals surface area contributed by atoms with E-state index in [0.29, 0.717) is 16.2 Å². The number of carbonyl (C=O) groups is 2. The van der Waals surface area contributed by atoms with Crippen molar-refractivity contribution in [3.8, 4) is 0 Å². The van der Waals surface area contributed by atoms with Crippen LogP contribution in [-0.4, -0.2) is 29.7 Å². The number of rotatable bonds is 4. The molecular formula is C28H22ClNO2. The van der Waals surface area contributed by atoms with E-state index in [2.05, 4.69) is 0 Å². The molecule has 4 heteroatoms. The lowest BCUT2D eigenvalue weighted by Crippen LogP contribution is -2.40. The smallest absolute Gasteiger partial charge is 0.247 e. The highest BCUT2D eigenvalue weighted by Gasteiger charge is 2.28. The number of hydrogen-bond donors (Lipinski definition) is 0. The summed E-state index contributed by atoms with van der Waals surface area (Å²) in [4.78, 5) is 27.9. The summed E-state index contributed by atoms with van der Waals surface area (Å²) >= 11 is 5.93. The van der Waals surface area contributed by atoms with Gasteiger partial charge in [-0.05, 0) is 47.1 Å². The maximum atomic E-state index is 13.2. The van der Waals surface area contributed by atoms with Crippen LogP contribution < -0.4 is 0 Å². The van der Waals surface area contributed by atoms with E-state index in [0.717, 1.165) is 16.7 Å². The second kappa shape index (κ2) is 10.1. The number of nitrogens with zero attached hydrogens (tertiary/aromatic N) is 1. The van der Waals surface area contributed by atoms with Crippen molar-refractivity contribution in [1.82, 2.24) is 4.90 Å². The molecule has 1 aliphatic heterocycles. The minimum absolute atomic E-state index is 0.0246. The van der Waals surface area contributed by atoms with E-state index in [-0.39, 0.29) is 24.8 Å². The number of amides is 1. The van der Waals surface area contributed by atoms with Gasteiger partial charge in [-0.2, -0.15) is 0 Å². The molecule has 1 amide bonds. The molecule has 158 valence electrons. The Kier molecular flexibility index (Phi) is 6.78. The normalized spacial score (nSPS) is 16.8. The molecule has 0 radical (unpaired) electrons. The number of carbonyl (C=O) groups excluding carboxylic acids is 2. The Hall–Kier alpha value is -3.69. The molecule has 0 saturated carbocycles. The van der Waals surface area contributed by atoms with Crippen molar-refractivity contribution in [3.63, 3.8) is 0 Å². The number of ketones is 1. The van der Waals surface area contributed by atoms with Gasteiger partial charge in [0.2, 0.25) is 5.91 Å². The maximum Gasteiger partial charge on any atom is 0.247 e. The zero-order valence-electron chi connectivity index (χ0n) is 17.4. The molecule has 0 aliphatic carbocycles.